The van der Waals surface area contributed by atoms with Crippen molar-refractivity contribution in [3.63, 3.8) is 0 Å². The van der Waals surface area contributed by atoms with E-state index < -0.39 is 32.5 Å². The second kappa shape index (κ2) is 16.4. The molecule has 1 N–H and O–H groups in total. The van der Waals surface area contributed by atoms with Gasteiger partial charge in [0.25, 0.3) is 5.91 Å². The van der Waals surface area contributed by atoms with E-state index in [0.717, 1.165) is 21.5 Å². The zero-order chi connectivity index (χ0) is 34.9. The molecule has 50 heavy (non-hydrogen) atoms. The van der Waals surface area contributed by atoms with E-state index in [1.54, 1.807) is 32.9 Å². The minimum Gasteiger partial charge on any atom is -0.440 e. The zero-order valence-electron chi connectivity index (χ0n) is 28.1. The summed E-state index contributed by atoms with van der Waals surface area (Å²) < 4.78 is 20.3. The van der Waals surface area contributed by atoms with Gasteiger partial charge in [-0.15, -0.1) is 32.4 Å². The third-order valence-electron chi connectivity index (χ3n) is 9.35. The van der Waals surface area contributed by atoms with E-state index in [9.17, 15) is 14.4 Å². The number of hydrogen-bond donors (Lipinski definition) is 1. The van der Waals surface area contributed by atoms with Crippen LogP contribution >= 0.6 is 39.2 Å². The summed E-state index contributed by atoms with van der Waals surface area (Å²) in [5.74, 6) is -0.968. The van der Waals surface area contributed by atoms with Crippen molar-refractivity contribution in [1.29, 1.82) is 0 Å². The molecule has 4 unspecified atom stereocenters. The van der Waals surface area contributed by atoms with Crippen molar-refractivity contribution in [3.8, 4) is 0 Å². The molecule has 0 saturated carbocycles. The third-order valence-corrected chi connectivity index (χ3v) is 13.2. The largest absolute Gasteiger partial charge is 2.00 e. The molecule has 1 aromatic carbocycles. The molecule has 4 aliphatic heterocycles. The molecule has 1 fully saturated rings. The van der Waals surface area contributed by atoms with E-state index in [0.29, 0.717) is 56.2 Å². The first-order chi connectivity index (χ1) is 23.5. The van der Waals surface area contributed by atoms with Gasteiger partial charge in [-0.1, -0.05) is 16.3 Å². The monoisotopic (exact) mass is 903 g/mol. The number of benzene rings is 1. The van der Waals surface area contributed by atoms with Crippen LogP contribution in [0.15, 0.2) is 81.4 Å². The van der Waals surface area contributed by atoms with Crippen LogP contribution in [0.3, 0.4) is 0 Å². The number of piperazine rings is 1. The number of allylic oxidation sites excluding steroid dienone is 4. The first-order valence-electron chi connectivity index (χ1n) is 16.2. The Morgan fingerprint density at radius 2 is 1.92 bits per heavy atom. The van der Waals surface area contributed by atoms with Gasteiger partial charge in [-0.05, 0) is 84.8 Å². The SMILES string of the molecule is C=C=[C-]N(Cc1ccc(F)c(C(=O)N2CCN(C(=O)CCc3ccc4n3C(P)(P)[NH+]3C(=C4)C(C)=CC3C)CC2)c1)C1=C([C-]=O)C=CCC=I1.[Nb+2]. The molecule has 4 aliphatic rings. The number of nitrogens with zero attached hydrogens (tertiary/aromatic N) is 4. The molecule has 6 rings (SSSR count). The molecule has 259 valence electrons. The van der Waals surface area contributed by atoms with Crippen molar-refractivity contribution in [1.82, 2.24) is 19.3 Å². The van der Waals surface area contributed by atoms with Gasteiger partial charge < -0.3 is 19.5 Å². The minimum atomic E-state index is -0.615. The van der Waals surface area contributed by atoms with Gasteiger partial charge in [-0.3, -0.25) is 19.1 Å². The second-order valence-corrected chi connectivity index (χ2v) is 17.5. The smallest absolute Gasteiger partial charge is 0.440 e. The van der Waals surface area contributed by atoms with Crippen LogP contribution in [0.2, 0.25) is 0 Å². The van der Waals surface area contributed by atoms with Gasteiger partial charge in [0, 0.05) is 56.5 Å². The van der Waals surface area contributed by atoms with Gasteiger partial charge in [-0.25, -0.2) is 10.1 Å². The van der Waals surface area contributed by atoms with Gasteiger partial charge >= 0.3 is 22.4 Å². The van der Waals surface area contributed by atoms with Crippen LogP contribution in [0.5, 0.6) is 0 Å². The molecule has 1 aromatic heterocycles. The Kier molecular flexibility index (Phi) is 12.7. The topological polar surface area (TPSA) is 70.3 Å². The Morgan fingerprint density at radius 1 is 1.18 bits per heavy atom. The summed E-state index contributed by atoms with van der Waals surface area (Å²) in [5.41, 5.74) is 8.60. The number of halogens is 2. The summed E-state index contributed by atoms with van der Waals surface area (Å²) in [6, 6.07) is 9.05. The fourth-order valence-electron chi connectivity index (χ4n) is 7.06. The van der Waals surface area contributed by atoms with Gasteiger partial charge in [0.05, 0.1) is 17.5 Å². The summed E-state index contributed by atoms with van der Waals surface area (Å²) in [6.45, 7) is 9.72. The van der Waals surface area contributed by atoms with Crippen molar-refractivity contribution >= 4 is 67.4 Å². The van der Waals surface area contributed by atoms with Gasteiger partial charge in [0.1, 0.15) is 17.6 Å². The summed E-state index contributed by atoms with van der Waals surface area (Å²) in [4.78, 5) is 45.1. The maximum absolute atomic E-state index is 15.1. The molecule has 2 amide bonds. The number of aryl methyl sites for hydroxylation is 1. The Balaban J connectivity index is 0.00000486. The Bertz CT molecular complexity index is 1900. The molecule has 1 saturated heterocycles. The normalized spacial score (nSPS) is 20.7. The predicted molar refractivity (Wildman–Crippen MR) is 206 cm³/mol. The third kappa shape index (κ3) is 7.79. The summed E-state index contributed by atoms with van der Waals surface area (Å²) >= 11 is -0.615. The zero-order valence-corrected chi connectivity index (χ0v) is 34.8. The van der Waals surface area contributed by atoms with Crippen molar-refractivity contribution < 1.29 is 46.1 Å². The Labute approximate surface area is 323 Å². The Hall–Kier alpha value is -2.52. The van der Waals surface area contributed by atoms with Crippen LogP contribution in [0, 0.1) is 12.0 Å². The molecule has 4 atom stereocenters. The molecule has 0 aliphatic carbocycles. The van der Waals surface area contributed by atoms with E-state index in [-0.39, 0.29) is 45.5 Å². The van der Waals surface area contributed by atoms with Crippen molar-refractivity contribution in [2.45, 2.75) is 50.8 Å². The van der Waals surface area contributed by atoms with Crippen LogP contribution in [0.4, 0.5) is 4.39 Å². The minimum absolute atomic E-state index is 0. The van der Waals surface area contributed by atoms with Crippen LogP contribution < -0.4 is 4.90 Å². The number of carbonyl (C=O) groups excluding carboxylic acids is 3. The van der Waals surface area contributed by atoms with Crippen LogP contribution in [-0.4, -0.2) is 73.6 Å². The first-order valence-corrected chi connectivity index (χ1v) is 19.7. The molecule has 0 spiro atoms. The first kappa shape index (κ1) is 38.7. The van der Waals surface area contributed by atoms with E-state index in [1.165, 1.54) is 22.2 Å². The summed E-state index contributed by atoms with van der Waals surface area (Å²) in [7, 11) is 6.03. The van der Waals surface area contributed by atoms with Crippen molar-refractivity contribution in [3.05, 3.63) is 116 Å². The van der Waals surface area contributed by atoms with Gasteiger partial charge in [0.15, 0.2) is 0 Å². The number of quaternary nitrogens is 1. The number of nitrogens with one attached hydrogen (secondary N) is 1. The number of carbonyl (C=O) groups is 2. The molecular formula is C37H40FIN5NbO3P2+. The maximum atomic E-state index is 15.1. The number of rotatable bonds is 9. The molecule has 0 bridgehead atoms. The van der Waals surface area contributed by atoms with Gasteiger partial charge in [-0.2, -0.15) is 12.7 Å². The number of fused-ring (bicyclic) bond motifs is 2. The Morgan fingerprint density at radius 3 is 2.64 bits per heavy atom. The number of hydrogen-bond acceptors (Lipinski definition) is 4. The average Bonchev–Trinajstić information content (AvgIpc) is 3.53. The van der Waals surface area contributed by atoms with Crippen LogP contribution in [-0.2, 0) is 50.1 Å². The molecule has 8 nitrogen and oxygen atoms in total. The molecule has 2 aromatic rings. The van der Waals surface area contributed by atoms with E-state index in [4.69, 9.17) is 0 Å². The number of aromatic nitrogens is 1. The van der Waals surface area contributed by atoms with Crippen LogP contribution in [0.25, 0.3) is 6.08 Å². The summed E-state index contributed by atoms with van der Waals surface area (Å²) in [5, 5.41) is -0.354. The predicted octanol–water partition coefficient (Wildman–Crippen LogP) is 4.41. The second-order valence-electron chi connectivity index (χ2n) is 12.6. The van der Waals surface area contributed by atoms with Crippen molar-refractivity contribution in [2.24, 2.45) is 0 Å². The summed E-state index contributed by atoms with van der Waals surface area (Å²) in [6.07, 6.45) is 14.9. The standard InChI is InChI=1S/C37H39FIN5O3P2.Nb/c1-4-15-42(35-28(24-45)7-5-6-14-39-35)23-27-8-12-32(38)31(21-27)36(47)41-18-16-40(17-19-41)34(46)13-11-29-9-10-30-22-33-25(2)20-26(3)43(33)37(48,49)44(29)30;/h5,7-10,12,14,20-22,26H,1,6,11,13,16-19,23,48-49H2,2-3H3;/q-2;+2/p+1. The molecule has 1 radical (unpaired) electrons. The molecule has 5 heterocycles. The fourth-order valence-corrected chi connectivity index (χ4v) is 10.7. The quantitative estimate of drug-likeness (QED) is 0.0772. The van der Waals surface area contributed by atoms with E-state index >= 15 is 4.39 Å². The van der Waals surface area contributed by atoms with Crippen molar-refractivity contribution in [2.75, 3.05) is 26.2 Å². The molecule has 13 heteroatoms. The fraction of sp³-hybridized carbons (Fsp3) is 0.324. The van der Waals surface area contributed by atoms with E-state index in [2.05, 4.69) is 83.7 Å². The van der Waals surface area contributed by atoms with E-state index in [1.807, 2.05) is 12.4 Å². The average molecular weight is 904 g/mol. The number of amides is 2. The van der Waals surface area contributed by atoms with Crippen LogP contribution in [0.1, 0.15) is 54.0 Å². The maximum Gasteiger partial charge on any atom is 2.00 e. The van der Waals surface area contributed by atoms with Gasteiger partial charge in [0.2, 0.25) is 11.1 Å². The molecular weight excluding hydrogens is 863 g/mol.